The van der Waals surface area contributed by atoms with Gasteiger partial charge in [-0.25, -0.2) is 4.79 Å². The average molecular weight is 597 g/mol. The Morgan fingerprint density at radius 2 is 1.58 bits per heavy atom. The molecule has 188 valence electrons. The summed E-state index contributed by atoms with van der Waals surface area (Å²) in [5, 5.41) is 0. The number of halogens is 1. The summed E-state index contributed by atoms with van der Waals surface area (Å²) in [4.78, 5) is 14.2. The summed E-state index contributed by atoms with van der Waals surface area (Å²) in [7, 11) is 5.54. The molecule has 0 N–H and O–H groups in total. The van der Waals surface area contributed by atoms with Crippen LogP contribution in [0.2, 0.25) is 0 Å². The van der Waals surface area contributed by atoms with Gasteiger partial charge < -0.3 is 38.4 Å². The van der Waals surface area contributed by atoms with Gasteiger partial charge in [-0.2, -0.15) is 4.58 Å². The number of anilines is 2. The van der Waals surface area contributed by atoms with Crippen LogP contribution in [0.3, 0.4) is 0 Å². The van der Waals surface area contributed by atoms with Gasteiger partial charge >= 0.3 is 5.97 Å². The van der Waals surface area contributed by atoms with E-state index >= 15 is 0 Å². The van der Waals surface area contributed by atoms with Crippen molar-refractivity contribution in [3.05, 3.63) is 89.5 Å². The van der Waals surface area contributed by atoms with Gasteiger partial charge in [-0.3, -0.25) is 0 Å². The number of hydrogen-bond donors (Lipinski definition) is 0. The Morgan fingerprint density at radius 3 is 2.17 bits per heavy atom. The van der Waals surface area contributed by atoms with Crippen molar-refractivity contribution in [2.45, 2.75) is 26.2 Å². The molecule has 0 fully saturated rings. The first-order chi connectivity index (χ1) is 16.8. The fraction of sp³-hybridized carbons (Fsp3) is 0.267. The van der Waals surface area contributed by atoms with E-state index in [0.29, 0.717) is 12.2 Å². The van der Waals surface area contributed by atoms with Gasteiger partial charge in [0.2, 0.25) is 5.69 Å². The molecule has 1 heterocycles. The minimum Gasteiger partial charge on any atom is -1.00 e. The molecule has 0 saturated heterocycles. The number of fused-ring (bicyclic) bond motifs is 1. The zero-order chi connectivity index (χ0) is 25.2. The molecule has 0 amide bonds. The number of methoxy groups -OCH3 is 1. The standard InChI is InChI=1S/C30H33N2O3.HI/c1-7-35-25-16-14-24(15-17-25)31(4)23-12-8-21(9-13-23)10-19-28-30(2,3)26-20-22(29(33)34-6)11-18-27(26)32(28)5;/h8-20H,7H2,1-6H3;1H/q+1;/p-1. The van der Waals surface area contributed by atoms with Crippen molar-refractivity contribution in [1.29, 1.82) is 0 Å². The molecule has 0 unspecified atom stereocenters. The Bertz CT molecular complexity index is 1290. The van der Waals surface area contributed by atoms with Crippen LogP contribution >= 0.6 is 0 Å². The predicted molar refractivity (Wildman–Crippen MR) is 143 cm³/mol. The molecule has 5 nitrogen and oxygen atoms in total. The van der Waals surface area contributed by atoms with E-state index in [2.05, 4.69) is 86.0 Å². The van der Waals surface area contributed by atoms with Crippen molar-refractivity contribution in [3.8, 4) is 5.75 Å². The van der Waals surface area contributed by atoms with Crippen LogP contribution in [0.25, 0.3) is 6.08 Å². The third-order valence-corrected chi connectivity index (χ3v) is 6.70. The van der Waals surface area contributed by atoms with Crippen LogP contribution < -0.4 is 33.6 Å². The van der Waals surface area contributed by atoms with E-state index in [1.54, 1.807) is 0 Å². The molecule has 3 aromatic carbocycles. The van der Waals surface area contributed by atoms with Gasteiger partial charge in [-0.05, 0) is 80.9 Å². The van der Waals surface area contributed by atoms with E-state index in [0.717, 1.165) is 33.9 Å². The Hall–Kier alpha value is -3.13. The molecular weight excluding hydrogens is 563 g/mol. The van der Waals surface area contributed by atoms with E-state index in [1.807, 2.05) is 37.3 Å². The van der Waals surface area contributed by atoms with Crippen LogP contribution in [0.15, 0.2) is 72.8 Å². The highest BCUT2D eigenvalue weighted by atomic mass is 127. The number of ether oxygens (including phenoxy) is 2. The number of carbonyl (C=O) groups is 1. The minimum atomic E-state index is -0.314. The highest BCUT2D eigenvalue weighted by Gasteiger charge is 2.43. The molecule has 36 heavy (non-hydrogen) atoms. The topological polar surface area (TPSA) is 41.8 Å². The molecular formula is C30H33IN2O3. The van der Waals surface area contributed by atoms with Gasteiger partial charge in [0.05, 0.1) is 24.7 Å². The zero-order valence-corrected chi connectivity index (χ0v) is 23.9. The maximum absolute atomic E-state index is 12.0. The summed E-state index contributed by atoms with van der Waals surface area (Å²) < 4.78 is 12.6. The van der Waals surface area contributed by atoms with Crippen molar-refractivity contribution < 1.29 is 42.8 Å². The van der Waals surface area contributed by atoms with Gasteiger partial charge in [0, 0.05) is 36.1 Å². The van der Waals surface area contributed by atoms with Crippen LogP contribution in [-0.4, -0.2) is 44.1 Å². The lowest BCUT2D eigenvalue weighted by Crippen LogP contribution is -3.00. The second-order valence-electron chi connectivity index (χ2n) is 9.20. The Kier molecular flexibility index (Phi) is 8.61. The normalized spacial score (nSPS) is 13.8. The summed E-state index contributed by atoms with van der Waals surface area (Å²) in [5.41, 5.74) is 7.07. The Balaban J connectivity index is 0.00000361. The van der Waals surface area contributed by atoms with Crippen molar-refractivity contribution in [1.82, 2.24) is 0 Å². The first kappa shape index (κ1) is 27.5. The Morgan fingerprint density at radius 1 is 0.972 bits per heavy atom. The molecule has 1 aliphatic rings. The van der Waals surface area contributed by atoms with Crippen molar-refractivity contribution >= 4 is 34.8 Å². The van der Waals surface area contributed by atoms with E-state index in [9.17, 15) is 4.79 Å². The number of nitrogens with zero attached hydrogens (tertiary/aromatic N) is 2. The smallest absolute Gasteiger partial charge is 0.337 e. The van der Waals surface area contributed by atoms with Gasteiger partial charge in [-0.15, -0.1) is 0 Å². The first-order valence-electron chi connectivity index (χ1n) is 11.8. The van der Waals surface area contributed by atoms with Crippen LogP contribution in [-0.2, 0) is 10.2 Å². The molecule has 0 aliphatic carbocycles. The predicted octanol–water partition coefficient (Wildman–Crippen LogP) is 3.36. The molecule has 0 aromatic heterocycles. The fourth-order valence-corrected chi connectivity index (χ4v) is 4.65. The monoisotopic (exact) mass is 596 g/mol. The molecule has 0 saturated carbocycles. The van der Waals surface area contributed by atoms with Gasteiger partial charge in [0.1, 0.15) is 12.8 Å². The number of rotatable bonds is 7. The number of esters is 1. The first-order valence-corrected chi connectivity index (χ1v) is 11.8. The highest BCUT2D eigenvalue weighted by molar-refractivity contribution is 6.06. The molecule has 0 atom stereocenters. The third-order valence-electron chi connectivity index (χ3n) is 6.70. The maximum atomic E-state index is 12.0. The average Bonchev–Trinajstić information content (AvgIpc) is 3.07. The number of allylic oxidation sites excluding steroid dienone is 1. The number of carbonyl (C=O) groups excluding carboxylic acids is 1. The Labute approximate surface area is 231 Å². The summed E-state index contributed by atoms with van der Waals surface area (Å²) in [6, 6.07) is 22.4. The van der Waals surface area contributed by atoms with Crippen molar-refractivity contribution in [2.75, 3.05) is 32.7 Å². The number of hydrogen-bond acceptors (Lipinski definition) is 4. The summed E-state index contributed by atoms with van der Waals surface area (Å²) in [5.74, 6) is 0.566. The van der Waals surface area contributed by atoms with Crippen LogP contribution in [0.1, 0.15) is 42.3 Å². The van der Waals surface area contributed by atoms with E-state index in [1.165, 1.54) is 12.8 Å². The second kappa shape index (κ2) is 11.3. The molecule has 3 aromatic rings. The molecule has 1 aliphatic heterocycles. The highest BCUT2D eigenvalue weighted by Crippen LogP contribution is 2.40. The molecule has 0 bridgehead atoms. The fourth-order valence-electron chi connectivity index (χ4n) is 4.65. The van der Waals surface area contributed by atoms with Crippen LogP contribution in [0, 0.1) is 0 Å². The van der Waals surface area contributed by atoms with E-state index in [4.69, 9.17) is 9.47 Å². The number of benzene rings is 3. The van der Waals surface area contributed by atoms with Crippen molar-refractivity contribution in [2.24, 2.45) is 0 Å². The summed E-state index contributed by atoms with van der Waals surface area (Å²) in [6.45, 7) is 7.02. The van der Waals surface area contributed by atoms with Gasteiger partial charge in [0.25, 0.3) is 0 Å². The lowest BCUT2D eigenvalue weighted by atomic mass is 9.80. The minimum absolute atomic E-state index is 0. The maximum Gasteiger partial charge on any atom is 0.337 e. The van der Waals surface area contributed by atoms with E-state index < -0.39 is 0 Å². The SMILES string of the molecule is CCOc1ccc(N(C)c2ccc(/C=C/C3=[N+](C)c4ccc(C(=O)OC)cc4C3(C)C)cc2)cc1.[I-]. The summed E-state index contributed by atoms with van der Waals surface area (Å²) >= 11 is 0. The lowest BCUT2D eigenvalue weighted by molar-refractivity contribution is -0.401. The van der Waals surface area contributed by atoms with Gasteiger partial charge in [-0.1, -0.05) is 12.1 Å². The largest absolute Gasteiger partial charge is 1.00 e. The lowest BCUT2D eigenvalue weighted by Gasteiger charge is -2.20. The molecule has 4 rings (SSSR count). The van der Waals surface area contributed by atoms with Crippen molar-refractivity contribution in [3.63, 3.8) is 0 Å². The van der Waals surface area contributed by atoms with Gasteiger partial charge in [0.15, 0.2) is 5.71 Å². The third kappa shape index (κ3) is 5.33. The molecule has 6 heteroatoms. The summed E-state index contributed by atoms with van der Waals surface area (Å²) in [6.07, 6.45) is 4.31. The second-order valence-corrected chi connectivity index (χ2v) is 9.20. The quantitative estimate of drug-likeness (QED) is 0.239. The van der Waals surface area contributed by atoms with Crippen LogP contribution in [0.5, 0.6) is 5.75 Å². The molecule has 0 radical (unpaired) electrons. The van der Waals surface area contributed by atoms with Crippen LogP contribution in [0.4, 0.5) is 17.1 Å². The zero-order valence-electron chi connectivity index (χ0n) is 21.7. The molecule has 0 spiro atoms. The van der Waals surface area contributed by atoms with E-state index in [-0.39, 0.29) is 35.4 Å².